The van der Waals surface area contributed by atoms with E-state index in [2.05, 4.69) is 10.5 Å². The Labute approximate surface area is 134 Å². The summed E-state index contributed by atoms with van der Waals surface area (Å²) < 4.78 is 5.20. The molecule has 0 bridgehead atoms. The van der Waals surface area contributed by atoms with Crippen LogP contribution in [0.5, 0.6) is 5.75 Å². The first-order valence-electron chi connectivity index (χ1n) is 7.40. The van der Waals surface area contributed by atoms with Crippen molar-refractivity contribution in [1.82, 2.24) is 0 Å². The summed E-state index contributed by atoms with van der Waals surface area (Å²) in [6.07, 6.45) is -0.178. The van der Waals surface area contributed by atoms with E-state index in [-0.39, 0.29) is 5.91 Å². The van der Waals surface area contributed by atoms with Crippen LogP contribution in [0.15, 0.2) is 53.7 Å². The van der Waals surface area contributed by atoms with E-state index in [0.717, 1.165) is 28.3 Å². The monoisotopic (exact) mass is 310 g/mol. The van der Waals surface area contributed by atoms with E-state index < -0.39 is 6.10 Å². The van der Waals surface area contributed by atoms with Gasteiger partial charge in [0.25, 0.3) is 5.91 Å². The van der Waals surface area contributed by atoms with Crippen LogP contribution in [-0.4, -0.2) is 24.8 Å². The Morgan fingerprint density at radius 2 is 2.04 bits per heavy atom. The normalized spacial score (nSPS) is 16.4. The summed E-state index contributed by atoms with van der Waals surface area (Å²) in [5.74, 6) is 0.549. The highest BCUT2D eigenvalue weighted by Gasteiger charge is 2.29. The van der Waals surface area contributed by atoms with Gasteiger partial charge in [0.15, 0.2) is 0 Å². The molecule has 2 aromatic carbocycles. The zero-order chi connectivity index (χ0) is 16.2. The number of methoxy groups -OCH3 is 1. The fourth-order valence-corrected chi connectivity index (χ4v) is 2.35. The van der Waals surface area contributed by atoms with Crippen LogP contribution in [0.1, 0.15) is 17.5 Å². The molecule has 1 aliphatic rings. The lowest BCUT2D eigenvalue weighted by Gasteiger charge is -2.09. The van der Waals surface area contributed by atoms with Gasteiger partial charge in [-0.25, -0.2) is 0 Å². The number of aryl methyl sites for hydroxylation is 1. The number of nitrogens with zero attached hydrogens (tertiary/aromatic N) is 1. The number of oxime groups is 1. The molecular weight excluding hydrogens is 292 g/mol. The highest BCUT2D eigenvalue weighted by molar-refractivity contribution is 6.06. The van der Waals surface area contributed by atoms with Gasteiger partial charge in [0.1, 0.15) is 5.75 Å². The number of ether oxygens (including phenoxy) is 1. The first-order chi connectivity index (χ1) is 11.2. The molecule has 5 heteroatoms. The Kier molecular flexibility index (Phi) is 4.28. The smallest absolute Gasteiger partial charge is 0.268 e. The second-order valence-corrected chi connectivity index (χ2v) is 5.42. The number of anilines is 1. The summed E-state index contributed by atoms with van der Waals surface area (Å²) in [5, 5.41) is 6.88. The van der Waals surface area contributed by atoms with E-state index >= 15 is 0 Å². The number of rotatable bonds is 4. The number of carbonyl (C=O) groups excluding carboxylic acids is 1. The van der Waals surface area contributed by atoms with Gasteiger partial charge in [0.2, 0.25) is 6.10 Å². The van der Waals surface area contributed by atoms with Crippen molar-refractivity contribution in [3.8, 4) is 5.75 Å². The third-order valence-electron chi connectivity index (χ3n) is 3.68. The molecule has 1 atom stereocenters. The molecular formula is C18H18N2O3. The molecule has 2 aromatic rings. The van der Waals surface area contributed by atoms with Crippen molar-refractivity contribution in [2.75, 3.05) is 12.4 Å². The summed E-state index contributed by atoms with van der Waals surface area (Å²) in [5.41, 5.74) is 3.53. The van der Waals surface area contributed by atoms with Gasteiger partial charge >= 0.3 is 0 Å². The minimum absolute atomic E-state index is 0.199. The van der Waals surface area contributed by atoms with Crippen molar-refractivity contribution < 1.29 is 14.4 Å². The lowest BCUT2D eigenvalue weighted by Crippen LogP contribution is -2.28. The molecule has 118 valence electrons. The van der Waals surface area contributed by atoms with Crippen molar-refractivity contribution >= 4 is 17.3 Å². The third-order valence-corrected chi connectivity index (χ3v) is 3.68. The summed E-state index contributed by atoms with van der Waals surface area (Å²) in [6, 6.07) is 15.2. The highest BCUT2D eigenvalue weighted by atomic mass is 16.6. The fraction of sp³-hybridized carbons (Fsp3) is 0.222. The fourth-order valence-electron chi connectivity index (χ4n) is 2.35. The molecule has 1 N–H and O–H groups in total. The van der Waals surface area contributed by atoms with Gasteiger partial charge in [-0.05, 0) is 31.2 Å². The van der Waals surface area contributed by atoms with Gasteiger partial charge in [0, 0.05) is 17.7 Å². The van der Waals surface area contributed by atoms with Gasteiger partial charge in [-0.1, -0.05) is 35.0 Å². The summed E-state index contributed by atoms with van der Waals surface area (Å²) in [7, 11) is 1.61. The zero-order valence-corrected chi connectivity index (χ0v) is 13.1. The van der Waals surface area contributed by atoms with Crippen molar-refractivity contribution in [1.29, 1.82) is 0 Å². The lowest BCUT2D eigenvalue weighted by atomic mass is 10.0. The number of hydrogen-bond acceptors (Lipinski definition) is 4. The molecule has 3 rings (SSSR count). The number of benzene rings is 2. The number of carbonyl (C=O) groups is 1. The van der Waals surface area contributed by atoms with E-state index in [9.17, 15) is 4.79 Å². The van der Waals surface area contributed by atoms with Crippen molar-refractivity contribution in [3.05, 3.63) is 59.7 Å². The maximum Gasteiger partial charge on any atom is 0.268 e. The van der Waals surface area contributed by atoms with Crippen LogP contribution >= 0.6 is 0 Å². The maximum absolute atomic E-state index is 12.3. The second-order valence-electron chi connectivity index (χ2n) is 5.42. The Hall–Kier alpha value is -2.82. The minimum Gasteiger partial charge on any atom is -0.497 e. The Bertz CT molecular complexity index is 738. The Morgan fingerprint density at radius 1 is 1.26 bits per heavy atom. The number of nitrogens with one attached hydrogen (secondary N) is 1. The standard InChI is InChI=1S/C18H18N2O3/c1-12-6-8-14(9-7-12)19-18(21)17-11-16(20-23-17)13-4-3-5-15(10-13)22-2/h3-10,17H,11H2,1-2H3,(H,19,21)/t17-/m1/s1. The quantitative estimate of drug-likeness (QED) is 0.944. The molecule has 1 heterocycles. The summed E-state index contributed by atoms with van der Waals surface area (Å²) >= 11 is 0. The van der Waals surface area contributed by atoms with Crippen molar-refractivity contribution in [2.45, 2.75) is 19.4 Å². The van der Waals surface area contributed by atoms with E-state index in [1.165, 1.54) is 0 Å². The predicted molar refractivity (Wildman–Crippen MR) is 88.8 cm³/mol. The van der Waals surface area contributed by atoms with Gasteiger partial charge in [-0.15, -0.1) is 0 Å². The SMILES string of the molecule is COc1cccc(C2=NO[C@@H](C(=O)Nc3ccc(C)cc3)C2)c1. The van der Waals surface area contributed by atoms with Crippen molar-refractivity contribution in [3.63, 3.8) is 0 Å². The van der Waals surface area contributed by atoms with Gasteiger partial charge in [-0.3, -0.25) is 4.79 Å². The van der Waals surface area contributed by atoms with Crippen LogP contribution in [0.2, 0.25) is 0 Å². The predicted octanol–water partition coefficient (Wildman–Crippen LogP) is 3.14. The molecule has 0 unspecified atom stereocenters. The second kappa shape index (κ2) is 6.52. The molecule has 0 saturated heterocycles. The molecule has 23 heavy (non-hydrogen) atoms. The molecule has 0 aliphatic carbocycles. The average Bonchev–Trinajstić information content (AvgIpc) is 3.07. The molecule has 0 spiro atoms. The van der Waals surface area contributed by atoms with Crippen LogP contribution in [0.3, 0.4) is 0 Å². The molecule has 0 fully saturated rings. The minimum atomic E-state index is -0.613. The van der Waals surface area contributed by atoms with Crippen LogP contribution in [-0.2, 0) is 9.63 Å². The van der Waals surface area contributed by atoms with E-state index in [0.29, 0.717) is 6.42 Å². The van der Waals surface area contributed by atoms with Gasteiger partial charge < -0.3 is 14.9 Å². The summed E-state index contributed by atoms with van der Waals surface area (Å²) in [4.78, 5) is 17.6. The molecule has 5 nitrogen and oxygen atoms in total. The lowest BCUT2D eigenvalue weighted by molar-refractivity contribution is -0.125. The zero-order valence-electron chi connectivity index (χ0n) is 13.1. The Balaban J connectivity index is 1.64. The largest absolute Gasteiger partial charge is 0.497 e. The molecule has 1 aliphatic heterocycles. The molecule has 0 saturated carbocycles. The van der Waals surface area contributed by atoms with E-state index in [1.54, 1.807) is 7.11 Å². The molecule has 0 radical (unpaired) electrons. The number of amides is 1. The Morgan fingerprint density at radius 3 is 2.78 bits per heavy atom. The van der Waals surface area contributed by atoms with Crippen LogP contribution in [0.25, 0.3) is 0 Å². The first-order valence-corrected chi connectivity index (χ1v) is 7.40. The van der Waals surface area contributed by atoms with Crippen molar-refractivity contribution in [2.24, 2.45) is 5.16 Å². The average molecular weight is 310 g/mol. The van der Waals surface area contributed by atoms with Crippen LogP contribution < -0.4 is 10.1 Å². The highest BCUT2D eigenvalue weighted by Crippen LogP contribution is 2.21. The van der Waals surface area contributed by atoms with Gasteiger partial charge in [0.05, 0.1) is 12.8 Å². The molecule has 1 amide bonds. The first kappa shape index (κ1) is 15.1. The summed E-state index contributed by atoms with van der Waals surface area (Å²) in [6.45, 7) is 2.00. The number of hydrogen-bond donors (Lipinski definition) is 1. The van der Waals surface area contributed by atoms with Crippen LogP contribution in [0.4, 0.5) is 5.69 Å². The van der Waals surface area contributed by atoms with E-state index in [4.69, 9.17) is 9.57 Å². The third kappa shape index (κ3) is 3.51. The topological polar surface area (TPSA) is 59.9 Å². The van der Waals surface area contributed by atoms with Gasteiger partial charge in [-0.2, -0.15) is 0 Å². The maximum atomic E-state index is 12.3. The van der Waals surface area contributed by atoms with E-state index in [1.807, 2.05) is 55.5 Å². The molecule has 0 aromatic heterocycles. The van der Waals surface area contributed by atoms with Crippen LogP contribution in [0, 0.1) is 6.92 Å².